The highest BCUT2D eigenvalue weighted by Gasteiger charge is 2.20. The average molecular weight is 297 g/mol. The van der Waals surface area contributed by atoms with Crippen LogP contribution in [-0.4, -0.2) is 41.6 Å². The van der Waals surface area contributed by atoms with E-state index < -0.39 is 18.1 Å². The molecule has 0 heterocycles. The molecule has 1 aromatic rings. The number of esters is 1. The van der Waals surface area contributed by atoms with E-state index in [1.165, 1.54) is 25.8 Å². The molecule has 0 aromatic heterocycles. The van der Waals surface area contributed by atoms with Crippen molar-refractivity contribution in [1.29, 1.82) is 0 Å². The third-order valence-electron chi connectivity index (χ3n) is 2.61. The van der Waals surface area contributed by atoms with Gasteiger partial charge in [-0.2, -0.15) is 11.8 Å². The molecule has 2 atom stereocenters. The number of carbonyl (C=O) groups is 2. The molecule has 20 heavy (non-hydrogen) atoms. The van der Waals surface area contributed by atoms with E-state index in [9.17, 15) is 14.7 Å². The van der Waals surface area contributed by atoms with E-state index in [-0.39, 0.29) is 5.91 Å². The van der Waals surface area contributed by atoms with Crippen LogP contribution in [0.25, 0.3) is 0 Å². The maximum atomic E-state index is 11.5. The summed E-state index contributed by atoms with van der Waals surface area (Å²) in [5.41, 5.74) is 0.828. The number of benzene rings is 1. The molecule has 0 aliphatic rings. The Morgan fingerprint density at radius 3 is 2.50 bits per heavy atom. The fraction of sp³-hybridized carbons (Fsp3) is 0.429. The zero-order valence-corrected chi connectivity index (χ0v) is 12.4. The number of aliphatic hydroxyl groups excluding tert-OH is 1. The number of nitrogens with one attached hydrogen (secondary N) is 1. The molecule has 2 N–H and O–H groups in total. The van der Waals surface area contributed by atoms with Gasteiger partial charge in [-0.05, 0) is 5.56 Å². The Hall–Kier alpha value is -1.53. The summed E-state index contributed by atoms with van der Waals surface area (Å²) in [6.07, 6.45) is -0.600. The zero-order valence-electron chi connectivity index (χ0n) is 11.5. The average Bonchev–Trinajstić information content (AvgIpc) is 2.45. The molecular weight excluding hydrogens is 278 g/mol. The van der Waals surface area contributed by atoms with E-state index in [0.29, 0.717) is 11.5 Å². The molecule has 0 spiro atoms. The molecule has 1 rings (SSSR count). The van der Waals surface area contributed by atoms with Crippen molar-refractivity contribution < 1.29 is 19.4 Å². The summed E-state index contributed by atoms with van der Waals surface area (Å²) in [4.78, 5) is 22.5. The zero-order chi connectivity index (χ0) is 15.0. The number of methoxy groups -OCH3 is 1. The lowest BCUT2D eigenvalue weighted by atomic mass is 10.1. The second kappa shape index (κ2) is 8.60. The van der Waals surface area contributed by atoms with Crippen molar-refractivity contribution in [3.05, 3.63) is 35.9 Å². The van der Waals surface area contributed by atoms with Gasteiger partial charge in [-0.25, -0.2) is 4.79 Å². The predicted octanol–water partition coefficient (Wildman–Crippen LogP) is 1.13. The number of ether oxygens (including phenoxy) is 1. The van der Waals surface area contributed by atoms with Crippen molar-refractivity contribution in [3.63, 3.8) is 0 Å². The number of hydrogen-bond acceptors (Lipinski definition) is 5. The normalized spacial score (nSPS) is 13.3. The molecule has 0 saturated carbocycles. The van der Waals surface area contributed by atoms with Gasteiger partial charge in [0, 0.05) is 18.4 Å². The first kappa shape index (κ1) is 16.5. The molecule has 0 aliphatic carbocycles. The summed E-state index contributed by atoms with van der Waals surface area (Å²) in [5, 5.41) is 12.5. The van der Waals surface area contributed by atoms with Crippen LogP contribution in [0.3, 0.4) is 0 Å². The predicted molar refractivity (Wildman–Crippen MR) is 78.3 cm³/mol. The SMILES string of the molecule is COC(=O)[C@H](CSCC(O)c1ccccc1)NC(C)=O. The molecule has 0 fully saturated rings. The van der Waals surface area contributed by atoms with Crippen LogP contribution in [0.5, 0.6) is 0 Å². The lowest BCUT2D eigenvalue weighted by Crippen LogP contribution is -2.42. The van der Waals surface area contributed by atoms with Crippen LogP contribution in [0.4, 0.5) is 0 Å². The third-order valence-corrected chi connectivity index (χ3v) is 3.73. The Morgan fingerprint density at radius 2 is 1.95 bits per heavy atom. The molecule has 1 aromatic carbocycles. The maximum absolute atomic E-state index is 11.5. The summed E-state index contributed by atoms with van der Waals surface area (Å²) in [7, 11) is 1.28. The first-order valence-electron chi connectivity index (χ1n) is 6.20. The highest BCUT2D eigenvalue weighted by Crippen LogP contribution is 2.18. The number of aliphatic hydroxyl groups is 1. The van der Waals surface area contributed by atoms with Crippen molar-refractivity contribution in [1.82, 2.24) is 5.32 Å². The molecule has 6 heteroatoms. The van der Waals surface area contributed by atoms with Crippen LogP contribution >= 0.6 is 11.8 Å². The first-order chi connectivity index (χ1) is 9.54. The monoisotopic (exact) mass is 297 g/mol. The molecule has 5 nitrogen and oxygen atoms in total. The van der Waals surface area contributed by atoms with Crippen molar-refractivity contribution in [2.45, 2.75) is 19.1 Å². The van der Waals surface area contributed by atoms with Crippen LogP contribution in [0, 0.1) is 0 Å². The number of amides is 1. The lowest BCUT2D eigenvalue weighted by Gasteiger charge is -2.16. The van der Waals surface area contributed by atoms with Gasteiger partial charge in [0.1, 0.15) is 6.04 Å². The van der Waals surface area contributed by atoms with E-state index in [1.807, 2.05) is 30.3 Å². The van der Waals surface area contributed by atoms with Gasteiger partial charge in [0.05, 0.1) is 13.2 Å². The Morgan fingerprint density at radius 1 is 1.30 bits per heavy atom. The molecule has 0 aliphatic heterocycles. The van der Waals surface area contributed by atoms with Gasteiger partial charge in [0.15, 0.2) is 0 Å². The van der Waals surface area contributed by atoms with Gasteiger partial charge in [-0.15, -0.1) is 0 Å². The minimum absolute atomic E-state index is 0.287. The van der Waals surface area contributed by atoms with Crippen molar-refractivity contribution in [2.75, 3.05) is 18.6 Å². The second-order valence-electron chi connectivity index (χ2n) is 4.24. The van der Waals surface area contributed by atoms with Gasteiger partial charge < -0.3 is 15.2 Å². The Bertz CT molecular complexity index is 438. The van der Waals surface area contributed by atoms with E-state index >= 15 is 0 Å². The number of rotatable bonds is 7. The summed E-state index contributed by atoms with van der Waals surface area (Å²) in [6.45, 7) is 1.35. The van der Waals surface area contributed by atoms with E-state index in [2.05, 4.69) is 10.1 Å². The Labute approximate surface area is 122 Å². The first-order valence-corrected chi connectivity index (χ1v) is 7.35. The molecule has 0 radical (unpaired) electrons. The van der Waals surface area contributed by atoms with Crippen molar-refractivity contribution in [3.8, 4) is 0 Å². The van der Waals surface area contributed by atoms with Crippen molar-refractivity contribution in [2.24, 2.45) is 0 Å². The molecular formula is C14H19NO4S. The summed E-state index contributed by atoms with van der Waals surface area (Å²) in [5.74, 6) is 0.0271. The van der Waals surface area contributed by atoms with Crippen LogP contribution in [0.15, 0.2) is 30.3 Å². The third kappa shape index (κ3) is 5.63. The molecule has 1 unspecified atom stereocenters. The molecule has 0 saturated heterocycles. The lowest BCUT2D eigenvalue weighted by molar-refractivity contribution is -0.144. The number of thioether (sulfide) groups is 1. The van der Waals surface area contributed by atoms with Gasteiger partial charge in [-0.3, -0.25) is 4.79 Å². The second-order valence-corrected chi connectivity index (χ2v) is 5.32. The van der Waals surface area contributed by atoms with Crippen LogP contribution < -0.4 is 5.32 Å². The quantitative estimate of drug-likeness (QED) is 0.738. The minimum atomic E-state index is -0.689. The topological polar surface area (TPSA) is 75.6 Å². The maximum Gasteiger partial charge on any atom is 0.329 e. The number of carbonyl (C=O) groups excluding carboxylic acids is 2. The molecule has 0 bridgehead atoms. The summed E-state index contributed by atoms with van der Waals surface area (Å²) in [6, 6.07) is 8.60. The van der Waals surface area contributed by atoms with Crippen LogP contribution in [0.1, 0.15) is 18.6 Å². The molecule has 110 valence electrons. The summed E-state index contributed by atoms with van der Waals surface area (Å²) < 4.78 is 4.63. The van der Waals surface area contributed by atoms with Crippen molar-refractivity contribution >= 4 is 23.6 Å². The standard InChI is InChI=1S/C14H19NO4S/c1-10(16)15-12(14(18)19-2)8-20-9-13(17)11-6-4-3-5-7-11/h3-7,12-13,17H,8-9H2,1-2H3,(H,15,16)/t12-,13?/m0/s1. The Balaban J connectivity index is 2.44. The van der Waals surface area contributed by atoms with Gasteiger partial charge in [0.25, 0.3) is 0 Å². The van der Waals surface area contributed by atoms with E-state index in [4.69, 9.17) is 0 Å². The van der Waals surface area contributed by atoms with Crippen LogP contribution in [0.2, 0.25) is 0 Å². The number of hydrogen-bond donors (Lipinski definition) is 2. The Kier molecular flexibility index (Phi) is 7.11. The highest BCUT2D eigenvalue weighted by atomic mass is 32.2. The van der Waals surface area contributed by atoms with Gasteiger partial charge in [-0.1, -0.05) is 30.3 Å². The van der Waals surface area contributed by atoms with Gasteiger partial charge >= 0.3 is 5.97 Å². The highest BCUT2D eigenvalue weighted by molar-refractivity contribution is 7.99. The molecule has 1 amide bonds. The van der Waals surface area contributed by atoms with E-state index in [1.54, 1.807) is 0 Å². The van der Waals surface area contributed by atoms with E-state index in [0.717, 1.165) is 5.56 Å². The fourth-order valence-electron chi connectivity index (χ4n) is 1.63. The summed E-state index contributed by atoms with van der Waals surface area (Å²) >= 11 is 1.38. The fourth-order valence-corrected chi connectivity index (χ4v) is 2.63. The minimum Gasteiger partial charge on any atom is -0.467 e. The van der Waals surface area contributed by atoms with Gasteiger partial charge in [0.2, 0.25) is 5.91 Å². The van der Waals surface area contributed by atoms with Crippen LogP contribution in [-0.2, 0) is 14.3 Å². The largest absolute Gasteiger partial charge is 0.467 e. The smallest absolute Gasteiger partial charge is 0.329 e.